The van der Waals surface area contributed by atoms with E-state index in [-0.39, 0.29) is 5.92 Å². The number of nitrogens with one attached hydrogen (secondary N) is 1. The molecule has 1 unspecified atom stereocenters. The molecule has 7 nitrogen and oxygen atoms in total. The molecule has 1 atom stereocenters. The molecular formula is C20H20N4O3S. The van der Waals surface area contributed by atoms with E-state index in [0.717, 1.165) is 22.4 Å². The number of amides is 2. The summed E-state index contributed by atoms with van der Waals surface area (Å²) in [5, 5.41) is 4.98. The number of pyridine rings is 1. The topological polar surface area (TPSA) is 107 Å². The monoisotopic (exact) mass is 396 g/mol. The van der Waals surface area contributed by atoms with Crippen molar-refractivity contribution in [3.8, 4) is 22.4 Å². The van der Waals surface area contributed by atoms with Gasteiger partial charge in [-0.1, -0.05) is 32.0 Å². The first-order valence-corrected chi connectivity index (χ1v) is 9.55. The van der Waals surface area contributed by atoms with Crippen molar-refractivity contribution < 1.29 is 14.3 Å². The molecule has 3 N–H and O–H groups in total. The summed E-state index contributed by atoms with van der Waals surface area (Å²) in [4.78, 5) is 31.9. The van der Waals surface area contributed by atoms with Crippen molar-refractivity contribution >= 4 is 28.5 Å². The molecule has 144 valence electrons. The maximum atomic E-state index is 12.4. The summed E-state index contributed by atoms with van der Waals surface area (Å²) in [6.07, 6.45) is 1.54. The zero-order valence-corrected chi connectivity index (χ0v) is 16.3. The number of carbonyl (C=O) groups is 2. The van der Waals surface area contributed by atoms with Crippen LogP contribution < -0.4 is 11.1 Å². The van der Waals surface area contributed by atoms with Crippen LogP contribution in [-0.4, -0.2) is 28.1 Å². The summed E-state index contributed by atoms with van der Waals surface area (Å²) in [7, 11) is 0. The van der Waals surface area contributed by atoms with Crippen LogP contribution in [0.2, 0.25) is 0 Å². The Morgan fingerprint density at radius 2 is 1.82 bits per heavy atom. The Kier molecular flexibility index (Phi) is 6.00. The Hall–Kier alpha value is -3.26. The van der Waals surface area contributed by atoms with Gasteiger partial charge in [-0.25, -0.2) is 9.78 Å². The minimum absolute atomic E-state index is 0.219. The number of nitrogens with zero attached hydrogens (tertiary/aromatic N) is 2. The summed E-state index contributed by atoms with van der Waals surface area (Å²) in [5.74, 6) is -0.677. The van der Waals surface area contributed by atoms with Crippen molar-refractivity contribution in [1.82, 2.24) is 9.97 Å². The summed E-state index contributed by atoms with van der Waals surface area (Å²) >= 11 is 1.30. The van der Waals surface area contributed by atoms with Crippen LogP contribution >= 0.6 is 11.3 Å². The molecule has 1 aromatic carbocycles. The number of primary amides is 1. The molecule has 3 rings (SSSR count). The van der Waals surface area contributed by atoms with Crippen molar-refractivity contribution in [1.29, 1.82) is 0 Å². The Morgan fingerprint density at radius 3 is 2.50 bits per heavy atom. The number of hydrogen-bond acceptors (Lipinski definition) is 6. The van der Waals surface area contributed by atoms with Crippen LogP contribution in [-0.2, 0) is 9.53 Å². The fraction of sp³-hybridized carbons (Fsp3) is 0.200. The molecule has 2 amide bonds. The van der Waals surface area contributed by atoms with Crippen molar-refractivity contribution in [3.63, 3.8) is 0 Å². The van der Waals surface area contributed by atoms with Crippen molar-refractivity contribution in [3.05, 3.63) is 54.2 Å². The maximum absolute atomic E-state index is 12.4. The van der Waals surface area contributed by atoms with Gasteiger partial charge in [0.05, 0.1) is 5.69 Å². The van der Waals surface area contributed by atoms with E-state index in [9.17, 15) is 9.59 Å². The minimum atomic E-state index is -0.985. The lowest BCUT2D eigenvalue weighted by atomic mass is 10.0. The second kappa shape index (κ2) is 8.62. The van der Waals surface area contributed by atoms with Crippen molar-refractivity contribution in [2.45, 2.75) is 20.0 Å². The van der Waals surface area contributed by atoms with Gasteiger partial charge in [-0.05, 0) is 35.2 Å². The first kappa shape index (κ1) is 19.5. The summed E-state index contributed by atoms with van der Waals surface area (Å²) in [5.41, 5.74) is 8.83. The Morgan fingerprint density at radius 1 is 1.11 bits per heavy atom. The van der Waals surface area contributed by atoms with E-state index in [1.165, 1.54) is 11.3 Å². The van der Waals surface area contributed by atoms with E-state index in [2.05, 4.69) is 15.3 Å². The van der Waals surface area contributed by atoms with Crippen LogP contribution in [0.25, 0.3) is 22.4 Å². The Labute approximate surface area is 166 Å². The van der Waals surface area contributed by atoms with Gasteiger partial charge in [-0.15, -0.1) is 11.3 Å². The van der Waals surface area contributed by atoms with E-state index < -0.39 is 18.1 Å². The van der Waals surface area contributed by atoms with Gasteiger partial charge in [0.25, 0.3) is 5.91 Å². The second-order valence-electron chi connectivity index (χ2n) is 6.45. The molecule has 0 bridgehead atoms. The molecule has 0 saturated carbocycles. The summed E-state index contributed by atoms with van der Waals surface area (Å²) in [6.45, 7) is 3.54. The van der Waals surface area contributed by atoms with Crippen molar-refractivity contribution in [2.24, 2.45) is 11.7 Å². The SMILES string of the molecule is CC(C)C(OC(N)=O)C(=O)Nc1nc(-c2cccc(-c3ccncc3)c2)cs1. The van der Waals surface area contributed by atoms with Gasteiger partial charge in [-0.2, -0.15) is 0 Å². The zero-order valence-electron chi connectivity index (χ0n) is 15.5. The average Bonchev–Trinajstić information content (AvgIpc) is 3.15. The molecule has 0 spiro atoms. The summed E-state index contributed by atoms with van der Waals surface area (Å²) in [6, 6.07) is 11.8. The Bertz CT molecular complexity index is 972. The number of ether oxygens (including phenoxy) is 1. The molecule has 28 heavy (non-hydrogen) atoms. The number of aromatic nitrogens is 2. The first-order chi connectivity index (χ1) is 13.4. The Balaban J connectivity index is 1.77. The third-order valence-electron chi connectivity index (χ3n) is 4.01. The molecule has 0 aliphatic carbocycles. The smallest absolute Gasteiger partial charge is 0.405 e. The van der Waals surface area contributed by atoms with Crippen LogP contribution in [0.3, 0.4) is 0 Å². The highest BCUT2D eigenvalue weighted by molar-refractivity contribution is 7.14. The highest BCUT2D eigenvalue weighted by Gasteiger charge is 2.26. The molecule has 2 heterocycles. The first-order valence-electron chi connectivity index (χ1n) is 8.67. The van der Waals surface area contributed by atoms with Crippen LogP contribution in [0.15, 0.2) is 54.2 Å². The molecule has 0 saturated heterocycles. The molecule has 0 radical (unpaired) electrons. The van der Waals surface area contributed by atoms with Gasteiger partial charge < -0.3 is 10.5 Å². The molecule has 0 fully saturated rings. The standard InChI is InChI=1S/C20H20N4O3S/c1-12(2)17(27-19(21)26)18(25)24-20-23-16(11-28-20)15-5-3-4-14(10-15)13-6-8-22-9-7-13/h3-12,17H,1-2H3,(H2,21,26)(H,23,24,25). The zero-order chi connectivity index (χ0) is 20.1. The third-order valence-corrected chi connectivity index (χ3v) is 4.77. The van der Waals surface area contributed by atoms with Crippen LogP contribution in [0.1, 0.15) is 13.8 Å². The fourth-order valence-electron chi connectivity index (χ4n) is 2.66. The van der Waals surface area contributed by atoms with E-state index in [4.69, 9.17) is 10.5 Å². The predicted octanol–water partition coefficient (Wildman–Crippen LogP) is 3.93. The highest BCUT2D eigenvalue weighted by atomic mass is 32.1. The van der Waals surface area contributed by atoms with Crippen LogP contribution in [0.4, 0.5) is 9.93 Å². The number of thiazole rings is 1. The number of hydrogen-bond donors (Lipinski definition) is 2. The van der Waals surface area contributed by atoms with Gasteiger partial charge in [0, 0.05) is 23.3 Å². The van der Waals surface area contributed by atoms with Gasteiger partial charge >= 0.3 is 6.09 Å². The van der Waals surface area contributed by atoms with Gasteiger partial charge in [0.1, 0.15) is 0 Å². The van der Waals surface area contributed by atoms with E-state index in [1.54, 1.807) is 26.2 Å². The number of rotatable bonds is 6. The quantitative estimate of drug-likeness (QED) is 0.656. The van der Waals surface area contributed by atoms with Crippen molar-refractivity contribution in [2.75, 3.05) is 5.32 Å². The lowest BCUT2D eigenvalue weighted by Crippen LogP contribution is -2.38. The largest absolute Gasteiger partial charge is 0.436 e. The molecule has 0 aliphatic rings. The van der Waals surface area contributed by atoms with Gasteiger partial charge in [0.15, 0.2) is 11.2 Å². The van der Waals surface area contributed by atoms with E-state index in [1.807, 2.05) is 41.8 Å². The molecule has 8 heteroatoms. The number of anilines is 1. The van der Waals surface area contributed by atoms with Crippen LogP contribution in [0.5, 0.6) is 0 Å². The highest BCUT2D eigenvalue weighted by Crippen LogP contribution is 2.29. The normalized spacial score (nSPS) is 11.8. The third kappa shape index (κ3) is 4.72. The molecule has 2 aromatic heterocycles. The van der Waals surface area contributed by atoms with Gasteiger partial charge in [0.2, 0.25) is 0 Å². The lowest BCUT2D eigenvalue weighted by molar-refractivity contribution is -0.126. The summed E-state index contributed by atoms with van der Waals surface area (Å²) < 4.78 is 4.90. The fourth-order valence-corrected chi connectivity index (χ4v) is 3.38. The minimum Gasteiger partial charge on any atom is -0.436 e. The van der Waals surface area contributed by atoms with Gasteiger partial charge in [-0.3, -0.25) is 15.1 Å². The van der Waals surface area contributed by atoms with Crippen LogP contribution in [0, 0.1) is 5.92 Å². The molecule has 3 aromatic rings. The number of benzene rings is 1. The van der Waals surface area contributed by atoms with E-state index >= 15 is 0 Å². The molecule has 0 aliphatic heterocycles. The average molecular weight is 396 g/mol. The van der Waals surface area contributed by atoms with E-state index in [0.29, 0.717) is 5.13 Å². The molecular weight excluding hydrogens is 376 g/mol. The maximum Gasteiger partial charge on any atom is 0.405 e. The second-order valence-corrected chi connectivity index (χ2v) is 7.30. The lowest BCUT2D eigenvalue weighted by Gasteiger charge is -2.18. The predicted molar refractivity (Wildman–Crippen MR) is 109 cm³/mol. The number of carbonyl (C=O) groups excluding carboxylic acids is 2. The number of nitrogens with two attached hydrogens (primary N) is 1.